The molecule has 3 heterocycles. The number of aromatic hydroxyl groups is 1. The number of benzene rings is 1. The summed E-state index contributed by atoms with van der Waals surface area (Å²) >= 11 is 0. The Morgan fingerprint density at radius 2 is 2.13 bits per heavy atom. The summed E-state index contributed by atoms with van der Waals surface area (Å²) in [5, 5.41) is 9.90. The number of pyridine rings is 1. The Labute approximate surface area is 134 Å². The summed E-state index contributed by atoms with van der Waals surface area (Å²) in [4.78, 5) is 11.2. The highest BCUT2D eigenvalue weighted by Gasteiger charge is 2.26. The predicted octanol–water partition coefficient (Wildman–Crippen LogP) is 3.31. The Bertz CT molecular complexity index is 782. The van der Waals surface area contributed by atoms with Crippen LogP contribution in [0.5, 0.6) is 5.75 Å². The lowest BCUT2D eigenvalue weighted by Gasteiger charge is -2.30. The molecule has 1 atom stereocenters. The second-order valence-electron chi connectivity index (χ2n) is 6.06. The van der Waals surface area contributed by atoms with Gasteiger partial charge in [0.05, 0.1) is 5.69 Å². The van der Waals surface area contributed by atoms with E-state index in [9.17, 15) is 5.11 Å². The lowest BCUT2D eigenvalue weighted by molar-refractivity contribution is 0.183. The zero-order valence-electron chi connectivity index (χ0n) is 12.9. The van der Waals surface area contributed by atoms with Crippen molar-refractivity contribution in [3.8, 4) is 5.75 Å². The van der Waals surface area contributed by atoms with Crippen LogP contribution in [0.25, 0.3) is 11.1 Å². The molecule has 1 aliphatic rings. The van der Waals surface area contributed by atoms with Crippen molar-refractivity contribution in [2.24, 2.45) is 0 Å². The third-order valence-electron chi connectivity index (χ3n) is 4.40. The number of rotatable bonds is 3. The Morgan fingerprint density at radius 3 is 3.00 bits per heavy atom. The van der Waals surface area contributed by atoms with Gasteiger partial charge in [-0.3, -0.25) is 9.88 Å². The number of para-hydroxylation sites is 2. The lowest BCUT2D eigenvalue weighted by atomic mass is 9.98. The number of fused-ring (bicyclic) bond motifs is 1. The van der Waals surface area contributed by atoms with Gasteiger partial charge in [0.1, 0.15) is 11.3 Å². The van der Waals surface area contributed by atoms with Crippen molar-refractivity contribution in [1.29, 1.82) is 0 Å². The van der Waals surface area contributed by atoms with Gasteiger partial charge >= 0.3 is 0 Å². The van der Waals surface area contributed by atoms with Gasteiger partial charge < -0.3 is 9.52 Å². The number of hydrogen-bond donors (Lipinski definition) is 1. The summed E-state index contributed by atoms with van der Waals surface area (Å²) in [6.07, 6.45) is 3.89. The van der Waals surface area contributed by atoms with Crippen LogP contribution in [0.3, 0.4) is 0 Å². The fraction of sp³-hybridized carbons (Fsp3) is 0.333. The maximum absolute atomic E-state index is 9.90. The molecule has 0 radical (unpaired) electrons. The molecule has 1 aromatic carbocycles. The highest BCUT2D eigenvalue weighted by Crippen LogP contribution is 2.30. The van der Waals surface area contributed by atoms with Crippen molar-refractivity contribution < 1.29 is 9.52 Å². The van der Waals surface area contributed by atoms with Crippen LogP contribution in [0, 0.1) is 0 Å². The van der Waals surface area contributed by atoms with Gasteiger partial charge in [0.2, 0.25) is 0 Å². The summed E-state index contributed by atoms with van der Waals surface area (Å²) in [5.41, 5.74) is 2.50. The second kappa shape index (κ2) is 6.01. The molecule has 5 heteroatoms. The van der Waals surface area contributed by atoms with Gasteiger partial charge in [-0.2, -0.15) is 0 Å². The molecular formula is C18H19N3O2. The molecule has 4 rings (SSSR count). The van der Waals surface area contributed by atoms with Crippen molar-refractivity contribution in [1.82, 2.24) is 14.9 Å². The number of aromatic nitrogens is 2. The molecule has 0 aliphatic carbocycles. The van der Waals surface area contributed by atoms with Crippen LogP contribution >= 0.6 is 0 Å². The summed E-state index contributed by atoms with van der Waals surface area (Å²) < 4.78 is 5.93. The Kier molecular flexibility index (Phi) is 3.71. The minimum absolute atomic E-state index is 0.261. The van der Waals surface area contributed by atoms with Crippen LogP contribution in [-0.4, -0.2) is 33.1 Å². The molecule has 1 N–H and O–H groups in total. The summed E-state index contributed by atoms with van der Waals surface area (Å²) in [7, 11) is 0. The quantitative estimate of drug-likeness (QED) is 0.804. The van der Waals surface area contributed by atoms with Crippen LogP contribution in [0.15, 0.2) is 47.0 Å². The van der Waals surface area contributed by atoms with Gasteiger partial charge in [-0.05, 0) is 43.7 Å². The molecular weight excluding hydrogens is 290 g/mol. The smallest absolute Gasteiger partial charge is 0.199 e. The summed E-state index contributed by atoms with van der Waals surface area (Å²) in [6.45, 7) is 2.54. The monoisotopic (exact) mass is 309 g/mol. The van der Waals surface area contributed by atoms with Crippen LogP contribution in [0.1, 0.15) is 30.3 Å². The first-order valence-corrected chi connectivity index (χ1v) is 8.00. The molecule has 0 saturated carbocycles. The van der Waals surface area contributed by atoms with Gasteiger partial charge in [-0.25, -0.2) is 4.98 Å². The Hall–Kier alpha value is -2.40. The molecule has 0 bridgehead atoms. The third kappa shape index (κ3) is 2.92. The SMILES string of the molecule is Oc1cccnc1CN1CCCC(c2nc3ccccc3o2)C1. The van der Waals surface area contributed by atoms with Crippen molar-refractivity contribution in [2.75, 3.05) is 13.1 Å². The normalized spacial score (nSPS) is 19.2. The number of oxazole rings is 1. The zero-order valence-corrected chi connectivity index (χ0v) is 12.9. The second-order valence-corrected chi connectivity index (χ2v) is 6.06. The number of piperidine rings is 1. The van der Waals surface area contributed by atoms with Gasteiger partial charge in [0.15, 0.2) is 11.5 Å². The highest BCUT2D eigenvalue weighted by atomic mass is 16.3. The van der Waals surface area contributed by atoms with E-state index in [0.29, 0.717) is 12.5 Å². The Morgan fingerprint density at radius 1 is 1.22 bits per heavy atom. The maximum Gasteiger partial charge on any atom is 0.199 e. The van der Waals surface area contributed by atoms with Gasteiger partial charge in [0, 0.05) is 25.2 Å². The van der Waals surface area contributed by atoms with E-state index in [0.717, 1.165) is 48.6 Å². The predicted molar refractivity (Wildman–Crippen MR) is 87.2 cm³/mol. The van der Waals surface area contributed by atoms with E-state index in [2.05, 4.69) is 14.9 Å². The van der Waals surface area contributed by atoms with Gasteiger partial charge in [0.25, 0.3) is 0 Å². The minimum atomic E-state index is 0.261. The van der Waals surface area contributed by atoms with Gasteiger partial charge in [-0.1, -0.05) is 12.1 Å². The van der Waals surface area contributed by atoms with E-state index in [-0.39, 0.29) is 5.75 Å². The maximum atomic E-state index is 9.90. The third-order valence-corrected chi connectivity index (χ3v) is 4.40. The molecule has 3 aromatic rings. The molecule has 0 spiro atoms. The van der Waals surface area contributed by atoms with E-state index in [1.54, 1.807) is 18.3 Å². The fourth-order valence-electron chi connectivity index (χ4n) is 3.23. The lowest BCUT2D eigenvalue weighted by Crippen LogP contribution is -2.34. The van der Waals surface area contributed by atoms with Crippen LogP contribution in [0.4, 0.5) is 0 Å². The van der Waals surface area contributed by atoms with Crippen molar-refractivity contribution in [3.63, 3.8) is 0 Å². The van der Waals surface area contributed by atoms with E-state index < -0.39 is 0 Å². The molecule has 118 valence electrons. The molecule has 0 amide bonds. The zero-order chi connectivity index (χ0) is 15.6. The topological polar surface area (TPSA) is 62.4 Å². The first-order valence-electron chi connectivity index (χ1n) is 8.00. The summed E-state index contributed by atoms with van der Waals surface area (Å²) in [6, 6.07) is 11.3. The van der Waals surface area contributed by atoms with Gasteiger partial charge in [-0.15, -0.1) is 0 Å². The molecule has 5 nitrogen and oxygen atoms in total. The highest BCUT2D eigenvalue weighted by molar-refractivity contribution is 5.72. The molecule has 1 unspecified atom stereocenters. The number of nitrogens with zero attached hydrogens (tertiary/aromatic N) is 3. The average molecular weight is 309 g/mol. The van der Waals surface area contributed by atoms with Crippen LogP contribution in [-0.2, 0) is 6.54 Å². The van der Waals surface area contributed by atoms with Crippen LogP contribution < -0.4 is 0 Å². The largest absolute Gasteiger partial charge is 0.506 e. The Balaban J connectivity index is 1.51. The molecule has 2 aromatic heterocycles. The van der Waals surface area contributed by atoms with Crippen LogP contribution in [0.2, 0.25) is 0 Å². The molecule has 1 fully saturated rings. The first kappa shape index (κ1) is 14.2. The number of hydrogen-bond acceptors (Lipinski definition) is 5. The summed E-state index contributed by atoms with van der Waals surface area (Å²) in [5.74, 6) is 1.37. The van der Waals surface area contributed by atoms with E-state index in [1.165, 1.54) is 0 Å². The minimum Gasteiger partial charge on any atom is -0.506 e. The molecule has 1 aliphatic heterocycles. The van der Waals surface area contributed by atoms with Crippen molar-refractivity contribution >= 4 is 11.1 Å². The molecule has 1 saturated heterocycles. The first-order chi connectivity index (χ1) is 11.3. The standard InChI is InChI=1S/C18H19N3O2/c22-16-7-3-9-19-15(16)12-21-10-4-5-13(11-21)18-20-14-6-1-2-8-17(14)23-18/h1-3,6-9,13,22H,4-5,10-12H2. The van der Waals surface area contributed by atoms with Crippen molar-refractivity contribution in [2.45, 2.75) is 25.3 Å². The van der Waals surface area contributed by atoms with E-state index in [1.807, 2.05) is 24.3 Å². The fourth-order valence-corrected chi connectivity index (χ4v) is 3.23. The van der Waals surface area contributed by atoms with E-state index >= 15 is 0 Å². The van der Waals surface area contributed by atoms with E-state index in [4.69, 9.17) is 4.42 Å². The van der Waals surface area contributed by atoms with Crippen molar-refractivity contribution in [3.05, 3.63) is 54.2 Å². The average Bonchev–Trinajstić information content (AvgIpc) is 3.01. The molecule has 23 heavy (non-hydrogen) atoms. The number of likely N-dealkylation sites (tertiary alicyclic amines) is 1.